The van der Waals surface area contributed by atoms with E-state index in [-0.39, 0.29) is 0 Å². The topological polar surface area (TPSA) is 12.0 Å². The maximum Gasteiger partial charge on any atom is 0.0545 e. The highest BCUT2D eigenvalue weighted by molar-refractivity contribution is 8.00. The van der Waals surface area contributed by atoms with Crippen LogP contribution >= 0.6 is 23.4 Å². The van der Waals surface area contributed by atoms with Gasteiger partial charge in [0.15, 0.2) is 0 Å². The highest BCUT2D eigenvalue weighted by Crippen LogP contribution is 2.39. The summed E-state index contributed by atoms with van der Waals surface area (Å²) in [5.41, 5.74) is 1.34. The second-order valence-corrected chi connectivity index (χ2v) is 7.36. The molecule has 0 amide bonds. The normalized spacial score (nSPS) is 17.1. The Morgan fingerprint density at radius 3 is 2.68 bits per heavy atom. The summed E-state index contributed by atoms with van der Waals surface area (Å²) in [5.74, 6) is 0. The molecule has 1 aliphatic rings. The zero-order chi connectivity index (χ0) is 13.7. The molecule has 0 heterocycles. The quantitative estimate of drug-likeness (QED) is 0.795. The third-order valence-corrected chi connectivity index (χ3v) is 5.54. The predicted octanol–water partition coefficient (Wildman–Crippen LogP) is 5.26. The van der Waals surface area contributed by atoms with E-state index in [1.807, 2.05) is 17.8 Å². The fourth-order valence-corrected chi connectivity index (χ4v) is 4.19. The zero-order valence-corrected chi connectivity index (χ0v) is 13.5. The van der Waals surface area contributed by atoms with Crippen molar-refractivity contribution in [2.75, 3.05) is 0 Å². The number of thioether (sulfide) groups is 1. The molecular formula is C16H24ClNS. The van der Waals surface area contributed by atoms with Gasteiger partial charge in [0.2, 0.25) is 0 Å². The van der Waals surface area contributed by atoms with Crippen molar-refractivity contribution >= 4 is 23.4 Å². The molecule has 106 valence electrons. The van der Waals surface area contributed by atoms with E-state index < -0.39 is 0 Å². The van der Waals surface area contributed by atoms with Crippen molar-refractivity contribution in [2.24, 2.45) is 0 Å². The van der Waals surface area contributed by atoms with Gasteiger partial charge in [-0.2, -0.15) is 0 Å². The van der Waals surface area contributed by atoms with E-state index in [1.54, 1.807) is 0 Å². The van der Waals surface area contributed by atoms with E-state index >= 15 is 0 Å². The fraction of sp³-hybridized carbons (Fsp3) is 0.625. The van der Waals surface area contributed by atoms with E-state index in [0.717, 1.165) is 16.8 Å². The molecule has 0 aromatic heterocycles. The largest absolute Gasteiger partial charge is 0.310 e. The minimum atomic E-state index is 0.506. The van der Waals surface area contributed by atoms with E-state index in [9.17, 15) is 0 Å². The van der Waals surface area contributed by atoms with E-state index in [2.05, 4.69) is 31.3 Å². The van der Waals surface area contributed by atoms with Crippen molar-refractivity contribution in [3.63, 3.8) is 0 Å². The molecule has 0 bridgehead atoms. The Balaban J connectivity index is 2.07. The van der Waals surface area contributed by atoms with E-state index in [1.165, 1.54) is 42.6 Å². The van der Waals surface area contributed by atoms with Crippen LogP contribution in [0.2, 0.25) is 5.02 Å². The molecule has 1 saturated carbocycles. The molecule has 0 atom stereocenters. The average molecular weight is 298 g/mol. The summed E-state index contributed by atoms with van der Waals surface area (Å²) in [6.45, 7) is 5.27. The van der Waals surface area contributed by atoms with Crippen LogP contribution in [-0.4, -0.2) is 11.3 Å². The van der Waals surface area contributed by atoms with Gasteiger partial charge in [-0.05, 0) is 24.5 Å². The van der Waals surface area contributed by atoms with Gasteiger partial charge in [0.05, 0.1) is 5.02 Å². The lowest BCUT2D eigenvalue weighted by molar-refractivity contribution is 0.516. The number of halogens is 1. The molecule has 0 radical (unpaired) electrons. The van der Waals surface area contributed by atoms with Crippen LogP contribution in [-0.2, 0) is 6.54 Å². The fourth-order valence-electron chi connectivity index (χ4n) is 2.49. The SMILES string of the molecule is CC(C)NCc1cccc(Cl)c1SC1CCCCC1. The van der Waals surface area contributed by atoms with Gasteiger partial charge in [-0.25, -0.2) is 0 Å². The number of benzene rings is 1. The molecule has 1 N–H and O–H groups in total. The highest BCUT2D eigenvalue weighted by Gasteiger charge is 2.18. The van der Waals surface area contributed by atoms with Gasteiger partial charge >= 0.3 is 0 Å². The monoisotopic (exact) mass is 297 g/mol. The number of hydrogen-bond acceptors (Lipinski definition) is 2. The first-order chi connectivity index (χ1) is 9.16. The molecule has 1 aromatic carbocycles. The summed E-state index contributed by atoms with van der Waals surface area (Å²) < 4.78 is 0. The molecule has 1 nitrogen and oxygen atoms in total. The Kier molecular flexibility index (Phi) is 6.06. The Morgan fingerprint density at radius 1 is 1.26 bits per heavy atom. The molecule has 19 heavy (non-hydrogen) atoms. The van der Waals surface area contributed by atoms with E-state index in [4.69, 9.17) is 11.6 Å². The zero-order valence-electron chi connectivity index (χ0n) is 11.9. The number of rotatable bonds is 5. The van der Waals surface area contributed by atoms with Crippen LogP contribution in [0.25, 0.3) is 0 Å². The molecule has 1 aliphatic carbocycles. The standard InChI is InChI=1S/C16H24ClNS/c1-12(2)18-11-13-7-6-10-15(17)16(13)19-14-8-4-3-5-9-14/h6-7,10,12,14,18H,3-5,8-9,11H2,1-2H3. The Bertz CT molecular complexity index is 400. The minimum absolute atomic E-state index is 0.506. The molecule has 0 unspecified atom stereocenters. The first-order valence-corrected chi connectivity index (χ1v) is 8.60. The molecule has 1 fully saturated rings. The first-order valence-electron chi connectivity index (χ1n) is 7.34. The van der Waals surface area contributed by atoms with Crippen LogP contribution in [0.5, 0.6) is 0 Å². The van der Waals surface area contributed by atoms with Crippen LogP contribution in [0.3, 0.4) is 0 Å². The van der Waals surface area contributed by atoms with Crippen molar-refractivity contribution in [2.45, 2.75) is 68.7 Å². The lowest BCUT2D eigenvalue weighted by Gasteiger charge is -2.23. The summed E-state index contributed by atoms with van der Waals surface area (Å²) >= 11 is 8.41. The van der Waals surface area contributed by atoms with Crippen LogP contribution in [0.15, 0.2) is 23.1 Å². The molecule has 0 saturated heterocycles. The van der Waals surface area contributed by atoms with Crippen LogP contribution < -0.4 is 5.32 Å². The third-order valence-electron chi connectivity index (χ3n) is 3.59. The smallest absolute Gasteiger partial charge is 0.0545 e. The molecule has 1 aromatic rings. The van der Waals surface area contributed by atoms with Gasteiger partial charge in [-0.3, -0.25) is 0 Å². The van der Waals surface area contributed by atoms with Crippen LogP contribution in [0, 0.1) is 0 Å². The van der Waals surface area contributed by atoms with Crippen molar-refractivity contribution < 1.29 is 0 Å². The molecule has 0 spiro atoms. The van der Waals surface area contributed by atoms with Gasteiger partial charge in [0.25, 0.3) is 0 Å². The second kappa shape index (κ2) is 7.56. The predicted molar refractivity (Wildman–Crippen MR) is 86.2 cm³/mol. The Labute approximate surface area is 126 Å². The lowest BCUT2D eigenvalue weighted by Crippen LogP contribution is -2.22. The third kappa shape index (κ3) is 4.70. The minimum Gasteiger partial charge on any atom is -0.310 e. The van der Waals surface area contributed by atoms with Crippen molar-refractivity contribution in [3.05, 3.63) is 28.8 Å². The maximum atomic E-state index is 6.42. The van der Waals surface area contributed by atoms with E-state index in [0.29, 0.717) is 6.04 Å². The van der Waals surface area contributed by atoms with Gasteiger partial charge in [0, 0.05) is 22.7 Å². The van der Waals surface area contributed by atoms with Gasteiger partial charge in [-0.15, -0.1) is 11.8 Å². The van der Waals surface area contributed by atoms with Crippen LogP contribution in [0.4, 0.5) is 0 Å². The maximum absolute atomic E-state index is 6.42. The first kappa shape index (κ1) is 15.2. The highest BCUT2D eigenvalue weighted by atomic mass is 35.5. The second-order valence-electron chi connectivity index (χ2n) is 5.64. The average Bonchev–Trinajstić information content (AvgIpc) is 2.40. The Hall–Kier alpha value is -0.180. The summed E-state index contributed by atoms with van der Waals surface area (Å²) in [7, 11) is 0. The molecular weight excluding hydrogens is 274 g/mol. The van der Waals surface area contributed by atoms with Crippen molar-refractivity contribution in [1.82, 2.24) is 5.32 Å². The number of hydrogen-bond donors (Lipinski definition) is 1. The van der Waals surface area contributed by atoms with Crippen molar-refractivity contribution in [3.8, 4) is 0 Å². The Morgan fingerprint density at radius 2 is 2.00 bits per heavy atom. The van der Waals surface area contributed by atoms with Gasteiger partial charge in [-0.1, -0.05) is 56.8 Å². The summed E-state index contributed by atoms with van der Waals surface area (Å²) in [5, 5.41) is 5.17. The molecule has 0 aliphatic heterocycles. The summed E-state index contributed by atoms with van der Waals surface area (Å²) in [6.07, 6.45) is 6.84. The van der Waals surface area contributed by atoms with Gasteiger partial charge < -0.3 is 5.32 Å². The lowest BCUT2D eigenvalue weighted by atomic mass is 10.0. The van der Waals surface area contributed by atoms with Crippen LogP contribution in [0.1, 0.15) is 51.5 Å². The van der Waals surface area contributed by atoms with Gasteiger partial charge in [0.1, 0.15) is 0 Å². The van der Waals surface area contributed by atoms with Crippen molar-refractivity contribution in [1.29, 1.82) is 0 Å². The summed E-state index contributed by atoms with van der Waals surface area (Å²) in [6, 6.07) is 6.79. The summed E-state index contributed by atoms with van der Waals surface area (Å²) in [4.78, 5) is 1.30. The molecule has 3 heteroatoms. The number of nitrogens with one attached hydrogen (secondary N) is 1. The molecule has 2 rings (SSSR count).